The first-order valence-corrected chi connectivity index (χ1v) is 12.6. The van der Waals surface area contributed by atoms with Crippen molar-refractivity contribution in [3.63, 3.8) is 0 Å². The zero-order valence-corrected chi connectivity index (χ0v) is 21.7. The van der Waals surface area contributed by atoms with E-state index in [1.807, 2.05) is 12.1 Å². The highest BCUT2D eigenvalue weighted by Crippen LogP contribution is 2.31. The van der Waals surface area contributed by atoms with Gasteiger partial charge in [-0.05, 0) is 67.8 Å². The van der Waals surface area contributed by atoms with E-state index in [0.29, 0.717) is 48.4 Å². The first-order valence-electron chi connectivity index (χ1n) is 11.4. The van der Waals surface area contributed by atoms with Crippen molar-refractivity contribution in [2.45, 2.75) is 25.3 Å². The van der Waals surface area contributed by atoms with Crippen LogP contribution >= 0.6 is 27.5 Å². The van der Waals surface area contributed by atoms with Crippen LogP contribution in [0.4, 0.5) is 0 Å². The molecule has 1 unspecified atom stereocenters. The Labute approximate surface area is 217 Å². The molecule has 1 atom stereocenters. The van der Waals surface area contributed by atoms with E-state index in [0.717, 1.165) is 22.9 Å². The van der Waals surface area contributed by atoms with E-state index in [9.17, 15) is 9.59 Å². The molecule has 184 valence electrons. The molecule has 2 heterocycles. The molecule has 1 aliphatic rings. The predicted molar refractivity (Wildman–Crippen MR) is 135 cm³/mol. The van der Waals surface area contributed by atoms with Crippen LogP contribution in [0.3, 0.4) is 0 Å². The lowest BCUT2D eigenvalue weighted by atomic mass is 10.0. The monoisotopic (exact) mass is 560 g/mol. The molecule has 0 radical (unpaired) electrons. The van der Waals surface area contributed by atoms with Gasteiger partial charge in [0, 0.05) is 40.8 Å². The number of aromatic nitrogens is 2. The van der Waals surface area contributed by atoms with Crippen LogP contribution in [-0.2, 0) is 9.53 Å². The van der Waals surface area contributed by atoms with Crippen molar-refractivity contribution in [1.29, 1.82) is 0 Å². The van der Waals surface area contributed by atoms with Gasteiger partial charge in [0.05, 0.1) is 6.61 Å². The van der Waals surface area contributed by atoms with Gasteiger partial charge in [0.1, 0.15) is 12.6 Å². The van der Waals surface area contributed by atoms with Crippen LogP contribution in [-0.4, -0.2) is 65.1 Å². The van der Waals surface area contributed by atoms with Gasteiger partial charge in [-0.2, -0.15) is 4.98 Å². The summed E-state index contributed by atoms with van der Waals surface area (Å²) in [5.74, 6) is 0.453. The number of carbonyl (C=O) groups excluding carboxylic acids is 2. The lowest BCUT2D eigenvalue weighted by Crippen LogP contribution is -2.46. The molecule has 0 saturated carbocycles. The number of rotatable bonds is 8. The molecule has 2 aromatic carbocycles. The molecule has 8 nitrogen and oxygen atoms in total. The highest BCUT2D eigenvalue weighted by molar-refractivity contribution is 9.10. The van der Waals surface area contributed by atoms with Crippen LogP contribution in [0.15, 0.2) is 57.5 Å². The third kappa shape index (κ3) is 6.28. The second-order valence-electron chi connectivity index (χ2n) is 8.29. The normalized spacial score (nSPS) is 15.7. The molecule has 3 aromatic rings. The number of piperidine rings is 1. The third-order valence-electron chi connectivity index (χ3n) is 5.92. The number of nitrogens with zero attached hydrogens (tertiary/aromatic N) is 4. The molecule has 1 fully saturated rings. The fourth-order valence-corrected chi connectivity index (χ4v) is 4.45. The maximum Gasteiger partial charge on any atom is 0.254 e. The van der Waals surface area contributed by atoms with E-state index in [4.69, 9.17) is 20.9 Å². The van der Waals surface area contributed by atoms with Crippen molar-refractivity contribution >= 4 is 39.3 Å². The number of halogens is 2. The predicted octanol–water partition coefficient (Wildman–Crippen LogP) is 4.99. The maximum atomic E-state index is 13.4. The SMILES string of the molecule is COCCN(CC(=O)N1CCCCC1c1nc(-c2ccc(Cl)cc2)no1)C(=O)c1ccc(Br)cc1. The quantitative estimate of drug-likeness (QED) is 0.385. The average molecular weight is 562 g/mol. The minimum atomic E-state index is -0.336. The minimum Gasteiger partial charge on any atom is -0.383 e. The summed E-state index contributed by atoms with van der Waals surface area (Å²) >= 11 is 9.36. The van der Waals surface area contributed by atoms with Gasteiger partial charge in [0.15, 0.2) is 0 Å². The van der Waals surface area contributed by atoms with Crippen molar-refractivity contribution in [2.75, 3.05) is 33.4 Å². The molecule has 4 rings (SSSR count). The molecule has 1 aromatic heterocycles. The van der Waals surface area contributed by atoms with Crippen molar-refractivity contribution in [3.05, 3.63) is 69.5 Å². The molecule has 1 saturated heterocycles. The average Bonchev–Trinajstić information content (AvgIpc) is 3.37. The van der Waals surface area contributed by atoms with Gasteiger partial charge < -0.3 is 19.1 Å². The zero-order valence-electron chi connectivity index (χ0n) is 19.3. The highest BCUT2D eigenvalue weighted by Gasteiger charge is 2.33. The molecule has 0 bridgehead atoms. The maximum absolute atomic E-state index is 13.4. The van der Waals surface area contributed by atoms with E-state index < -0.39 is 0 Å². The van der Waals surface area contributed by atoms with Gasteiger partial charge in [-0.25, -0.2) is 0 Å². The molecule has 0 spiro atoms. The summed E-state index contributed by atoms with van der Waals surface area (Å²) in [7, 11) is 1.57. The summed E-state index contributed by atoms with van der Waals surface area (Å²) in [5.41, 5.74) is 1.29. The number of carbonyl (C=O) groups is 2. The third-order valence-corrected chi connectivity index (χ3v) is 6.70. The van der Waals surface area contributed by atoms with Crippen LogP contribution in [0.5, 0.6) is 0 Å². The van der Waals surface area contributed by atoms with Crippen LogP contribution in [0.2, 0.25) is 5.02 Å². The van der Waals surface area contributed by atoms with E-state index >= 15 is 0 Å². The van der Waals surface area contributed by atoms with Gasteiger partial charge in [0.25, 0.3) is 5.91 Å². The van der Waals surface area contributed by atoms with Gasteiger partial charge in [0.2, 0.25) is 17.6 Å². The van der Waals surface area contributed by atoms with E-state index in [1.165, 1.54) is 4.90 Å². The number of hydrogen-bond donors (Lipinski definition) is 0. The Hall–Kier alpha value is -2.75. The fraction of sp³-hybridized carbons (Fsp3) is 0.360. The smallest absolute Gasteiger partial charge is 0.254 e. The van der Waals surface area contributed by atoms with Crippen molar-refractivity contribution in [3.8, 4) is 11.4 Å². The highest BCUT2D eigenvalue weighted by atomic mass is 79.9. The summed E-state index contributed by atoms with van der Waals surface area (Å²) in [4.78, 5) is 34.4. The lowest BCUT2D eigenvalue weighted by Gasteiger charge is -2.35. The largest absolute Gasteiger partial charge is 0.383 e. The number of ether oxygens (including phenoxy) is 1. The summed E-state index contributed by atoms with van der Waals surface area (Å²) in [6, 6.07) is 13.9. The lowest BCUT2D eigenvalue weighted by molar-refractivity contribution is -0.136. The Morgan fingerprint density at radius 1 is 1.17 bits per heavy atom. The van der Waals surface area contributed by atoms with E-state index in [2.05, 4.69) is 26.1 Å². The minimum absolute atomic E-state index is 0.0626. The Balaban J connectivity index is 1.51. The van der Waals surface area contributed by atoms with Crippen LogP contribution in [0.25, 0.3) is 11.4 Å². The first-order chi connectivity index (χ1) is 17.0. The van der Waals surface area contributed by atoms with Crippen LogP contribution in [0, 0.1) is 0 Å². The van der Waals surface area contributed by atoms with Crippen LogP contribution in [0.1, 0.15) is 41.6 Å². The standard InChI is InChI=1S/C25H26BrClN4O4/c1-34-15-14-30(25(33)18-5-9-19(26)10-6-18)16-22(32)31-13-3-2-4-21(31)24-28-23(29-35-24)17-7-11-20(27)12-8-17/h5-12,21H,2-4,13-16H2,1H3. The Morgan fingerprint density at radius 2 is 1.91 bits per heavy atom. The summed E-state index contributed by atoms with van der Waals surface area (Å²) in [5, 5.41) is 4.73. The van der Waals surface area contributed by atoms with E-state index in [-0.39, 0.29) is 24.4 Å². The number of amides is 2. The molecule has 1 aliphatic heterocycles. The molecular weight excluding hydrogens is 536 g/mol. The summed E-state index contributed by atoms with van der Waals surface area (Å²) in [6.07, 6.45) is 2.53. The fourth-order valence-electron chi connectivity index (χ4n) is 4.06. The molecule has 2 amide bonds. The number of likely N-dealkylation sites (tertiary alicyclic amines) is 1. The molecule has 0 aliphatic carbocycles. The number of hydrogen-bond acceptors (Lipinski definition) is 6. The zero-order chi connectivity index (χ0) is 24.8. The van der Waals surface area contributed by atoms with Gasteiger partial charge in [-0.15, -0.1) is 0 Å². The van der Waals surface area contributed by atoms with E-state index in [1.54, 1.807) is 48.4 Å². The molecule has 0 N–H and O–H groups in total. The number of benzene rings is 2. The molecule has 35 heavy (non-hydrogen) atoms. The van der Waals surface area contributed by atoms with Crippen molar-refractivity contribution in [2.24, 2.45) is 0 Å². The summed E-state index contributed by atoms with van der Waals surface area (Å²) < 4.78 is 11.6. The Kier molecular flexibility index (Phi) is 8.54. The van der Waals surface area contributed by atoms with Crippen LogP contribution < -0.4 is 0 Å². The first kappa shape index (κ1) is 25.3. The second-order valence-corrected chi connectivity index (χ2v) is 9.64. The Bertz CT molecular complexity index is 1150. The van der Waals surface area contributed by atoms with Gasteiger partial charge >= 0.3 is 0 Å². The molecular formula is C25H26BrClN4O4. The second kappa shape index (κ2) is 11.8. The molecule has 10 heteroatoms. The topological polar surface area (TPSA) is 88.8 Å². The Morgan fingerprint density at radius 3 is 2.63 bits per heavy atom. The van der Waals surface area contributed by atoms with Crippen molar-refractivity contribution in [1.82, 2.24) is 19.9 Å². The van der Waals surface area contributed by atoms with Gasteiger partial charge in [-0.3, -0.25) is 9.59 Å². The van der Waals surface area contributed by atoms with Crippen molar-refractivity contribution < 1.29 is 18.8 Å². The number of methoxy groups -OCH3 is 1. The summed E-state index contributed by atoms with van der Waals surface area (Å²) in [6.45, 7) is 1.13. The van der Waals surface area contributed by atoms with Gasteiger partial charge in [-0.1, -0.05) is 32.7 Å².